The third-order valence-corrected chi connectivity index (χ3v) is 5.62. The molecular formula is C13H15ClN2O3S2. The van der Waals surface area contributed by atoms with Gasteiger partial charge in [-0.3, -0.25) is 4.79 Å². The molecule has 1 atom stereocenters. The van der Waals surface area contributed by atoms with E-state index in [-0.39, 0.29) is 16.0 Å². The van der Waals surface area contributed by atoms with Crippen LogP contribution in [0.4, 0.5) is 0 Å². The molecule has 8 heteroatoms. The summed E-state index contributed by atoms with van der Waals surface area (Å²) in [6.07, 6.45) is 2.68. The number of aromatic amines is 1. The minimum absolute atomic E-state index is 0.0511. The fourth-order valence-corrected chi connectivity index (χ4v) is 4.25. The van der Waals surface area contributed by atoms with Crippen LogP contribution in [0.2, 0.25) is 5.02 Å². The maximum Gasteiger partial charge on any atom is 0.266 e. The molecule has 2 heterocycles. The van der Waals surface area contributed by atoms with Gasteiger partial charge >= 0.3 is 0 Å². The number of nitrogens with one attached hydrogen (secondary N) is 2. The summed E-state index contributed by atoms with van der Waals surface area (Å²) < 4.78 is 27.4. The number of sulfonamides is 1. The summed E-state index contributed by atoms with van der Waals surface area (Å²) in [7, 11) is -3.74. The molecule has 2 aromatic heterocycles. The fourth-order valence-electron chi connectivity index (χ4n) is 1.89. The molecule has 0 aromatic carbocycles. The monoisotopic (exact) mass is 346 g/mol. The summed E-state index contributed by atoms with van der Waals surface area (Å²) in [6.45, 7) is 1.99. The molecule has 0 saturated heterocycles. The van der Waals surface area contributed by atoms with Gasteiger partial charge in [-0.1, -0.05) is 31.0 Å². The highest BCUT2D eigenvalue weighted by Gasteiger charge is 2.22. The van der Waals surface area contributed by atoms with Gasteiger partial charge in [-0.25, -0.2) is 13.1 Å². The molecule has 114 valence electrons. The third-order valence-electron chi connectivity index (χ3n) is 2.90. The summed E-state index contributed by atoms with van der Waals surface area (Å²) in [5.74, 6) is 0. The van der Waals surface area contributed by atoms with E-state index in [0.717, 1.165) is 23.6 Å². The Morgan fingerprint density at radius 3 is 2.81 bits per heavy atom. The number of thiophene rings is 1. The van der Waals surface area contributed by atoms with Crippen LogP contribution in [0.1, 0.15) is 30.7 Å². The quantitative estimate of drug-likeness (QED) is 0.844. The van der Waals surface area contributed by atoms with E-state index in [4.69, 9.17) is 11.6 Å². The lowest BCUT2D eigenvalue weighted by molar-refractivity contribution is 0.540. The SMILES string of the molecule is CCCC(NS(=O)(=O)c1c[nH]c(=O)c(Cl)c1)c1cccs1. The van der Waals surface area contributed by atoms with Crippen LogP contribution in [0.25, 0.3) is 0 Å². The van der Waals surface area contributed by atoms with Crippen molar-refractivity contribution >= 4 is 33.0 Å². The number of rotatable bonds is 6. The predicted octanol–water partition coefficient (Wildman–Crippen LogP) is 2.91. The van der Waals surface area contributed by atoms with Crippen LogP contribution in [0.15, 0.2) is 39.5 Å². The third kappa shape index (κ3) is 3.94. The molecule has 5 nitrogen and oxygen atoms in total. The lowest BCUT2D eigenvalue weighted by Crippen LogP contribution is -2.28. The second-order valence-corrected chi connectivity index (χ2v) is 7.59. The fraction of sp³-hybridized carbons (Fsp3) is 0.308. The number of halogens is 1. The normalized spacial score (nSPS) is 13.2. The Hall–Kier alpha value is -1.15. The number of hydrogen-bond acceptors (Lipinski definition) is 4. The molecule has 2 N–H and O–H groups in total. The van der Waals surface area contributed by atoms with Gasteiger partial charge in [0.2, 0.25) is 10.0 Å². The standard InChI is InChI=1S/C13H15ClN2O3S2/c1-2-4-11(12-5-3-6-20-12)16-21(18,19)9-7-10(14)13(17)15-8-9/h3,5-8,11,16H,2,4H2,1H3,(H,15,17). The van der Waals surface area contributed by atoms with Crippen molar-refractivity contribution in [2.24, 2.45) is 0 Å². The largest absolute Gasteiger partial charge is 0.326 e. The smallest absolute Gasteiger partial charge is 0.266 e. The first-order valence-corrected chi connectivity index (χ1v) is 9.12. The van der Waals surface area contributed by atoms with E-state index in [9.17, 15) is 13.2 Å². The average molecular weight is 347 g/mol. The van der Waals surface area contributed by atoms with Crippen molar-refractivity contribution in [3.05, 3.63) is 50.0 Å². The summed E-state index contributed by atoms with van der Waals surface area (Å²) in [4.78, 5) is 14.4. The van der Waals surface area contributed by atoms with Gasteiger partial charge in [-0.15, -0.1) is 11.3 Å². The van der Waals surface area contributed by atoms with Crippen LogP contribution >= 0.6 is 22.9 Å². The summed E-state index contributed by atoms with van der Waals surface area (Å²) in [5, 5.41) is 1.75. The van der Waals surface area contributed by atoms with E-state index in [1.165, 1.54) is 11.3 Å². The zero-order valence-corrected chi connectivity index (χ0v) is 13.7. The molecule has 2 rings (SSSR count). The number of pyridine rings is 1. The van der Waals surface area contributed by atoms with Crippen LogP contribution in [-0.4, -0.2) is 13.4 Å². The van der Waals surface area contributed by atoms with Gasteiger partial charge in [-0.05, 0) is 23.9 Å². The van der Waals surface area contributed by atoms with Crippen molar-refractivity contribution in [3.8, 4) is 0 Å². The second kappa shape index (κ2) is 6.74. The Kier molecular flexibility index (Phi) is 5.21. The predicted molar refractivity (Wildman–Crippen MR) is 84.4 cm³/mol. The van der Waals surface area contributed by atoms with Crippen molar-refractivity contribution in [2.45, 2.75) is 30.7 Å². The van der Waals surface area contributed by atoms with Gasteiger partial charge in [0.25, 0.3) is 5.56 Å². The molecule has 0 aliphatic carbocycles. The van der Waals surface area contributed by atoms with Crippen LogP contribution in [0, 0.1) is 0 Å². The summed E-state index contributed by atoms with van der Waals surface area (Å²) in [6, 6.07) is 4.65. The molecule has 0 amide bonds. The van der Waals surface area contributed by atoms with E-state index < -0.39 is 15.6 Å². The molecule has 0 fully saturated rings. The lowest BCUT2D eigenvalue weighted by Gasteiger charge is -2.16. The highest BCUT2D eigenvalue weighted by Crippen LogP contribution is 2.25. The van der Waals surface area contributed by atoms with Gasteiger partial charge in [0.1, 0.15) is 5.02 Å². The zero-order chi connectivity index (χ0) is 15.5. The van der Waals surface area contributed by atoms with Crippen molar-refractivity contribution in [1.82, 2.24) is 9.71 Å². The maximum absolute atomic E-state index is 12.4. The van der Waals surface area contributed by atoms with E-state index in [1.54, 1.807) is 0 Å². The van der Waals surface area contributed by atoms with Gasteiger partial charge in [0.05, 0.1) is 10.9 Å². The molecule has 0 bridgehead atoms. The van der Waals surface area contributed by atoms with Crippen molar-refractivity contribution in [3.63, 3.8) is 0 Å². The topological polar surface area (TPSA) is 79.0 Å². The minimum Gasteiger partial charge on any atom is -0.326 e. The van der Waals surface area contributed by atoms with Crippen LogP contribution < -0.4 is 10.3 Å². The second-order valence-electron chi connectivity index (χ2n) is 4.49. The Morgan fingerprint density at radius 1 is 1.48 bits per heavy atom. The van der Waals surface area contributed by atoms with E-state index >= 15 is 0 Å². The van der Waals surface area contributed by atoms with Gasteiger partial charge in [-0.2, -0.15) is 0 Å². The molecule has 21 heavy (non-hydrogen) atoms. The van der Waals surface area contributed by atoms with E-state index in [2.05, 4.69) is 9.71 Å². The first-order valence-electron chi connectivity index (χ1n) is 6.38. The number of H-pyrrole nitrogens is 1. The lowest BCUT2D eigenvalue weighted by atomic mass is 10.1. The first kappa shape index (κ1) is 16.2. The van der Waals surface area contributed by atoms with Crippen LogP contribution in [0.3, 0.4) is 0 Å². The summed E-state index contributed by atoms with van der Waals surface area (Å²) >= 11 is 7.18. The molecule has 0 spiro atoms. The molecule has 0 aliphatic rings. The Bertz CT molecular complexity index is 754. The number of aromatic nitrogens is 1. The van der Waals surface area contributed by atoms with Gasteiger partial charge in [0.15, 0.2) is 0 Å². The molecule has 0 radical (unpaired) electrons. The highest BCUT2D eigenvalue weighted by atomic mass is 35.5. The minimum atomic E-state index is -3.74. The first-order chi connectivity index (χ1) is 9.94. The Labute approximate surface area is 132 Å². The molecular weight excluding hydrogens is 332 g/mol. The van der Waals surface area contributed by atoms with Gasteiger partial charge in [0, 0.05) is 11.1 Å². The highest BCUT2D eigenvalue weighted by molar-refractivity contribution is 7.89. The Morgan fingerprint density at radius 2 is 2.24 bits per heavy atom. The average Bonchev–Trinajstić information content (AvgIpc) is 2.95. The Balaban J connectivity index is 2.30. The van der Waals surface area contributed by atoms with Crippen molar-refractivity contribution in [2.75, 3.05) is 0 Å². The maximum atomic E-state index is 12.4. The molecule has 0 saturated carbocycles. The van der Waals surface area contributed by atoms with Crippen LogP contribution in [-0.2, 0) is 10.0 Å². The molecule has 0 aliphatic heterocycles. The molecule has 1 unspecified atom stereocenters. The summed E-state index contributed by atoms with van der Waals surface area (Å²) in [5.41, 5.74) is -0.515. The number of hydrogen-bond donors (Lipinski definition) is 2. The van der Waals surface area contributed by atoms with E-state index in [0.29, 0.717) is 6.42 Å². The van der Waals surface area contributed by atoms with Crippen molar-refractivity contribution in [1.29, 1.82) is 0 Å². The zero-order valence-electron chi connectivity index (χ0n) is 11.3. The van der Waals surface area contributed by atoms with Crippen LogP contribution in [0.5, 0.6) is 0 Å². The molecule has 2 aromatic rings. The van der Waals surface area contributed by atoms with Gasteiger partial charge < -0.3 is 4.98 Å². The van der Waals surface area contributed by atoms with E-state index in [1.807, 2.05) is 24.4 Å². The van der Waals surface area contributed by atoms with Crippen molar-refractivity contribution < 1.29 is 8.42 Å².